The molecule has 20 heavy (non-hydrogen) atoms. The highest BCUT2D eigenvalue weighted by Gasteiger charge is 2.27. The molecule has 0 radical (unpaired) electrons. The Morgan fingerprint density at radius 1 is 1.20 bits per heavy atom. The van der Waals surface area contributed by atoms with Gasteiger partial charge in [-0.15, -0.1) is 0 Å². The number of benzene rings is 1. The first-order chi connectivity index (χ1) is 9.37. The van der Waals surface area contributed by atoms with E-state index >= 15 is 0 Å². The van der Waals surface area contributed by atoms with Crippen molar-refractivity contribution in [2.45, 2.75) is 19.0 Å². The number of amides is 1. The minimum absolute atomic E-state index is 0.125. The van der Waals surface area contributed by atoms with Gasteiger partial charge in [-0.1, -0.05) is 12.1 Å². The van der Waals surface area contributed by atoms with E-state index in [4.69, 9.17) is 0 Å². The molecule has 1 N–H and O–H groups in total. The number of nitrogens with one attached hydrogen (secondary N) is 1. The first-order valence-corrected chi connectivity index (χ1v) is 6.02. The lowest BCUT2D eigenvalue weighted by Crippen LogP contribution is -2.27. The van der Waals surface area contributed by atoms with Gasteiger partial charge in [0, 0.05) is 13.0 Å². The lowest BCUT2D eigenvalue weighted by atomic mass is 10.1. The SMILES string of the molecule is O=C(CCOCC(F)(F)F)NCCc1ccc(F)cc1. The van der Waals surface area contributed by atoms with E-state index in [1.807, 2.05) is 0 Å². The summed E-state index contributed by atoms with van der Waals surface area (Å²) >= 11 is 0. The molecule has 3 nitrogen and oxygen atoms in total. The third-order valence-electron chi connectivity index (χ3n) is 2.39. The highest BCUT2D eigenvalue weighted by molar-refractivity contribution is 5.75. The van der Waals surface area contributed by atoms with Crippen molar-refractivity contribution in [1.82, 2.24) is 5.32 Å². The molecule has 1 aromatic carbocycles. The van der Waals surface area contributed by atoms with Crippen LogP contribution in [0, 0.1) is 5.82 Å². The van der Waals surface area contributed by atoms with Gasteiger partial charge < -0.3 is 10.1 Å². The number of carbonyl (C=O) groups excluding carboxylic acids is 1. The molecule has 0 heterocycles. The molecule has 7 heteroatoms. The van der Waals surface area contributed by atoms with Crippen LogP contribution in [-0.4, -0.2) is 31.8 Å². The summed E-state index contributed by atoms with van der Waals surface area (Å²) < 4.78 is 52.2. The average molecular weight is 293 g/mol. The zero-order chi connectivity index (χ0) is 15.0. The fourth-order valence-corrected chi connectivity index (χ4v) is 1.44. The quantitative estimate of drug-likeness (QED) is 0.619. The van der Waals surface area contributed by atoms with Gasteiger partial charge in [0.25, 0.3) is 0 Å². The van der Waals surface area contributed by atoms with E-state index in [0.717, 1.165) is 5.56 Å². The number of carbonyl (C=O) groups is 1. The molecule has 112 valence electrons. The zero-order valence-corrected chi connectivity index (χ0v) is 10.7. The van der Waals surface area contributed by atoms with E-state index in [0.29, 0.717) is 13.0 Å². The first kappa shape index (κ1) is 16.4. The molecule has 0 unspecified atom stereocenters. The molecule has 0 bridgehead atoms. The van der Waals surface area contributed by atoms with Crippen molar-refractivity contribution in [3.8, 4) is 0 Å². The second-order valence-electron chi connectivity index (χ2n) is 4.14. The summed E-state index contributed by atoms with van der Waals surface area (Å²) in [6.45, 7) is -1.29. The Balaban J connectivity index is 2.10. The number of alkyl halides is 3. The average Bonchev–Trinajstić information content (AvgIpc) is 2.36. The van der Waals surface area contributed by atoms with Crippen LogP contribution in [0.1, 0.15) is 12.0 Å². The second kappa shape index (κ2) is 7.84. The monoisotopic (exact) mass is 293 g/mol. The minimum atomic E-state index is -4.38. The summed E-state index contributed by atoms with van der Waals surface area (Å²) in [6, 6.07) is 5.85. The molecule has 0 spiro atoms. The fraction of sp³-hybridized carbons (Fsp3) is 0.462. The van der Waals surface area contributed by atoms with Gasteiger partial charge in [-0.3, -0.25) is 4.79 Å². The predicted octanol–water partition coefficient (Wildman–Crippen LogP) is 2.45. The van der Waals surface area contributed by atoms with Gasteiger partial charge in [-0.25, -0.2) is 4.39 Å². The number of hydrogen-bond donors (Lipinski definition) is 1. The molecule has 0 aliphatic heterocycles. The van der Waals surface area contributed by atoms with Crippen LogP contribution in [0.2, 0.25) is 0 Å². The van der Waals surface area contributed by atoms with Crippen molar-refractivity contribution in [1.29, 1.82) is 0 Å². The van der Waals surface area contributed by atoms with Gasteiger partial charge in [0.1, 0.15) is 12.4 Å². The van der Waals surface area contributed by atoms with Crippen LogP contribution in [0.4, 0.5) is 17.6 Å². The Morgan fingerprint density at radius 2 is 1.85 bits per heavy atom. The van der Waals surface area contributed by atoms with Crippen molar-refractivity contribution < 1.29 is 27.1 Å². The lowest BCUT2D eigenvalue weighted by Gasteiger charge is -2.08. The van der Waals surface area contributed by atoms with Gasteiger partial charge in [0.2, 0.25) is 5.91 Å². The molecule has 0 aliphatic carbocycles. The molecular formula is C13H15F4NO2. The largest absolute Gasteiger partial charge is 0.411 e. The Hall–Kier alpha value is -1.63. The van der Waals surface area contributed by atoms with Crippen LogP contribution >= 0.6 is 0 Å². The highest BCUT2D eigenvalue weighted by Crippen LogP contribution is 2.14. The van der Waals surface area contributed by atoms with Crippen molar-refractivity contribution in [2.24, 2.45) is 0 Å². The Morgan fingerprint density at radius 3 is 2.45 bits per heavy atom. The van der Waals surface area contributed by atoms with Gasteiger partial charge in [-0.05, 0) is 24.1 Å². The molecule has 1 amide bonds. The van der Waals surface area contributed by atoms with Gasteiger partial charge in [0.15, 0.2) is 0 Å². The summed E-state index contributed by atoms with van der Waals surface area (Å²) in [5.41, 5.74) is 0.861. The van der Waals surface area contributed by atoms with Crippen molar-refractivity contribution in [3.63, 3.8) is 0 Å². The van der Waals surface area contributed by atoms with Crippen molar-refractivity contribution in [3.05, 3.63) is 35.6 Å². The second-order valence-corrected chi connectivity index (χ2v) is 4.14. The summed E-state index contributed by atoms with van der Waals surface area (Å²) in [7, 11) is 0. The van der Waals surface area contributed by atoms with E-state index in [9.17, 15) is 22.4 Å². The molecular weight excluding hydrogens is 278 g/mol. The van der Waals surface area contributed by atoms with Crippen molar-refractivity contribution >= 4 is 5.91 Å². The summed E-state index contributed by atoms with van der Waals surface area (Å²) in [5.74, 6) is -0.714. The number of ether oxygens (including phenoxy) is 1. The van der Waals surface area contributed by atoms with E-state index in [1.54, 1.807) is 12.1 Å². The van der Waals surface area contributed by atoms with E-state index < -0.39 is 12.8 Å². The molecule has 0 saturated carbocycles. The van der Waals surface area contributed by atoms with Crippen LogP contribution in [0.5, 0.6) is 0 Å². The van der Waals surface area contributed by atoms with E-state index in [-0.39, 0.29) is 24.8 Å². The van der Waals surface area contributed by atoms with Gasteiger partial charge >= 0.3 is 6.18 Å². The molecule has 0 aromatic heterocycles. The van der Waals surface area contributed by atoms with Crippen LogP contribution < -0.4 is 5.32 Å². The molecule has 0 aliphatic rings. The maximum atomic E-state index is 12.6. The maximum Gasteiger partial charge on any atom is 0.411 e. The third-order valence-corrected chi connectivity index (χ3v) is 2.39. The number of rotatable bonds is 7. The fourth-order valence-electron chi connectivity index (χ4n) is 1.44. The maximum absolute atomic E-state index is 12.6. The smallest absolute Gasteiger partial charge is 0.372 e. The van der Waals surface area contributed by atoms with Crippen LogP contribution in [-0.2, 0) is 16.0 Å². The van der Waals surface area contributed by atoms with Crippen molar-refractivity contribution in [2.75, 3.05) is 19.8 Å². The molecule has 0 atom stereocenters. The zero-order valence-electron chi connectivity index (χ0n) is 10.7. The normalized spacial score (nSPS) is 11.4. The van der Waals surface area contributed by atoms with Crippen LogP contribution in [0.3, 0.4) is 0 Å². The minimum Gasteiger partial charge on any atom is -0.372 e. The van der Waals surface area contributed by atoms with Crippen LogP contribution in [0.15, 0.2) is 24.3 Å². The lowest BCUT2D eigenvalue weighted by molar-refractivity contribution is -0.174. The predicted molar refractivity (Wildman–Crippen MR) is 64.6 cm³/mol. The highest BCUT2D eigenvalue weighted by atomic mass is 19.4. The van der Waals surface area contributed by atoms with Gasteiger partial charge in [-0.2, -0.15) is 13.2 Å². The summed E-state index contributed by atoms with van der Waals surface area (Å²) in [6.07, 6.45) is -3.98. The Bertz CT molecular complexity index is 417. The van der Waals surface area contributed by atoms with E-state index in [1.165, 1.54) is 12.1 Å². The summed E-state index contributed by atoms with van der Waals surface area (Å²) in [4.78, 5) is 11.3. The molecule has 0 fully saturated rings. The Kier molecular flexibility index (Phi) is 6.44. The Labute approximate surface area is 113 Å². The van der Waals surface area contributed by atoms with Crippen LogP contribution in [0.25, 0.3) is 0 Å². The van der Waals surface area contributed by atoms with E-state index in [2.05, 4.69) is 10.1 Å². The topological polar surface area (TPSA) is 38.3 Å². The first-order valence-electron chi connectivity index (χ1n) is 6.02. The van der Waals surface area contributed by atoms with Gasteiger partial charge in [0.05, 0.1) is 6.61 Å². The molecule has 0 saturated heterocycles. The number of halogens is 4. The summed E-state index contributed by atoms with van der Waals surface area (Å²) in [5, 5.41) is 2.55. The number of hydrogen-bond acceptors (Lipinski definition) is 2. The molecule has 1 rings (SSSR count). The standard InChI is InChI=1S/C13H15F4NO2/c14-11-3-1-10(2-4-11)5-7-18-12(19)6-8-20-9-13(15,16)17/h1-4H,5-9H2,(H,18,19). The third kappa shape index (κ3) is 7.73. The molecule has 1 aromatic rings.